The van der Waals surface area contributed by atoms with E-state index < -0.39 is 0 Å². The number of anilines is 1. The van der Waals surface area contributed by atoms with E-state index in [0.29, 0.717) is 5.69 Å². The monoisotopic (exact) mass is 285 g/mol. The highest BCUT2D eigenvalue weighted by atomic mass is 32.1. The van der Waals surface area contributed by atoms with Gasteiger partial charge in [0.2, 0.25) is 0 Å². The summed E-state index contributed by atoms with van der Waals surface area (Å²) in [6, 6.07) is 9.91. The van der Waals surface area contributed by atoms with Crippen LogP contribution in [0.2, 0.25) is 0 Å². The average Bonchev–Trinajstić information content (AvgIpc) is 3.11. The number of imidazole rings is 1. The van der Waals surface area contributed by atoms with E-state index in [4.69, 9.17) is 0 Å². The van der Waals surface area contributed by atoms with Crippen LogP contribution in [0.5, 0.6) is 0 Å². The fourth-order valence-electron chi connectivity index (χ4n) is 2.23. The fourth-order valence-corrected chi connectivity index (χ4v) is 2.93. The Hall–Kier alpha value is -2.14. The summed E-state index contributed by atoms with van der Waals surface area (Å²) in [7, 11) is 1.97. The quantitative estimate of drug-likeness (QED) is 0.676. The van der Waals surface area contributed by atoms with Crippen LogP contribution in [0.1, 0.15) is 15.4 Å². The second kappa shape index (κ2) is 5.46. The highest BCUT2D eigenvalue weighted by Crippen LogP contribution is 2.20. The summed E-state index contributed by atoms with van der Waals surface area (Å²) >= 11 is 1.75. The van der Waals surface area contributed by atoms with Gasteiger partial charge in [-0.3, -0.25) is 9.20 Å². The van der Waals surface area contributed by atoms with Gasteiger partial charge in [-0.15, -0.1) is 11.3 Å². The van der Waals surface area contributed by atoms with Gasteiger partial charge in [0.25, 0.3) is 0 Å². The largest absolute Gasteiger partial charge is 0.357 e. The van der Waals surface area contributed by atoms with Crippen LogP contribution in [0.4, 0.5) is 5.82 Å². The summed E-state index contributed by atoms with van der Waals surface area (Å²) in [6.45, 7) is 0.839. The molecule has 0 radical (unpaired) electrons. The number of pyridine rings is 1. The highest BCUT2D eigenvalue weighted by Gasteiger charge is 2.14. The maximum atomic E-state index is 11.4. The number of thiophene rings is 1. The van der Waals surface area contributed by atoms with Crippen LogP contribution in [0, 0.1) is 0 Å². The van der Waals surface area contributed by atoms with Gasteiger partial charge in [0.15, 0.2) is 12.1 Å². The number of nitrogens with zero attached hydrogens (tertiary/aromatic N) is 3. The van der Waals surface area contributed by atoms with Crippen molar-refractivity contribution in [1.82, 2.24) is 9.38 Å². The molecule has 3 aromatic heterocycles. The predicted octanol–water partition coefficient (Wildman–Crippen LogP) is 2.89. The molecule has 20 heavy (non-hydrogen) atoms. The highest BCUT2D eigenvalue weighted by molar-refractivity contribution is 7.09. The first-order chi connectivity index (χ1) is 9.79. The lowest BCUT2D eigenvalue weighted by Crippen LogP contribution is -2.21. The number of hydrogen-bond donors (Lipinski definition) is 0. The number of hydrogen-bond acceptors (Lipinski definition) is 4. The van der Waals surface area contributed by atoms with Crippen molar-refractivity contribution >= 4 is 29.1 Å². The van der Waals surface area contributed by atoms with Crippen molar-refractivity contribution in [3.8, 4) is 0 Å². The van der Waals surface area contributed by atoms with Crippen LogP contribution < -0.4 is 4.90 Å². The Labute approximate surface area is 121 Å². The van der Waals surface area contributed by atoms with E-state index in [1.807, 2.05) is 40.7 Å². The van der Waals surface area contributed by atoms with E-state index >= 15 is 0 Å². The molecule has 0 bridgehead atoms. The van der Waals surface area contributed by atoms with Gasteiger partial charge in [-0.25, -0.2) is 4.98 Å². The van der Waals surface area contributed by atoms with E-state index in [-0.39, 0.29) is 0 Å². The third-order valence-corrected chi connectivity index (χ3v) is 4.23. The maximum absolute atomic E-state index is 11.4. The number of likely N-dealkylation sites (N-methyl/N-ethyl adjacent to an activating group) is 1. The lowest BCUT2D eigenvalue weighted by Gasteiger charge is -2.16. The lowest BCUT2D eigenvalue weighted by atomic mass is 10.3. The van der Waals surface area contributed by atoms with Crippen LogP contribution in [0.25, 0.3) is 5.65 Å². The van der Waals surface area contributed by atoms with Crippen molar-refractivity contribution in [2.24, 2.45) is 0 Å². The zero-order valence-electron chi connectivity index (χ0n) is 11.2. The second-order valence-corrected chi connectivity index (χ2v) is 5.65. The molecule has 0 amide bonds. The first-order valence-electron chi connectivity index (χ1n) is 6.45. The molecule has 0 fully saturated rings. The second-order valence-electron chi connectivity index (χ2n) is 4.62. The number of carbonyl (C=O) groups excluding carboxylic acids is 1. The molecule has 102 valence electrons. The van der Waals surface area contributed by atoms with E-state index in [1.54, 1.807) is 11.3 Å². The van der Waals surface area contributed by atoms with Crippen molar-refractivity contribution < 1.29 is 4.79 Å². The third kappa shape index (κ3) is 2.32. The smallest absolute Gasteiger partial charge is 0.170 e. The Kier molecular flexibility index (Phi) is 3.52. The number of fused-ring (bicyclic) bond motifs is 1. The van der Waals surface area contributed by atoms with Crippen molar-refractivity contribution in [2.75, 3.05) is 18.5 Å². The molecule has 0 unspecified atom stereocenters. The van der Waals surface area contributed by atoms with Crippen molar-refractivity contribution in [1.29, 1.82) is 0 Å². The summed E-state index contributed by atoms with van der Waals surface area (Å²) in [5.41, 5.74) is 1.40. The molecule has 0 saturated carbocycles. The zero-order chi connectivity index (χ0) is 13.9. The fraction of sp³-hybridized carbons (Fsp3) is 0.200. The van der Waals surface area contributed by atoms with Gasteiger partial charge in [-0.05, 0) is 30.0 Å². The van der Waals surface area contributed by atoms with E-state index in [0.717, 1.165) is 30.7 Å². The number of aromatic nitrogens is 2. The van der Waals surface area contributed by atoms with E-state index in [1.165, 1.54) is 4.88 Å². The first kappa shape index (κ1) is 12.9. The third-order valence-electron chi connectivity index (χ3n) is 3.29. The summed E-state index contributed by atoms with van der Waals surface area (Å²) in [4.78, 5) is 19.3. The first-order valence-corrected chi connectivity index (χ1v) is 7.33. The van der Waals surface area contributed by atoms with Crippen LogP contribution in [-0.4, -0.2) is 29.3 Å². The van der Waals surface area contributed by atoms with E-state index in [9.17, 15) is 4.79 Å². The molecule has 0 spiro atoms. The Bertz CT molecular complexity index is 718. The summed E-state index contributed by atoms with van der Waals surface area (Å²) in [5.74, 6) is 0.739. The SMILES string of the molecule is CN(CCc1cccs1)c1nc2ccccn2c1C=O. The standard InChI is InChI=1S/C15H15N3OS/c1-17(9-7-12-5-4-10-20-12)15-13(11-19)18-8-3-2-6-14(18)16-15/h2-6,8,10-11H,7,9H2,1H3. The minimum atomic E-state index is 0.606. The van der Waals surface area contributed by atoms with Crippen LogP contribution in [0.15, 0.2) is 41.9 Å². The Morgan fingerprint density at radius 1 is 1.35 bits per heavy atom. The molecule has 3 aromatic rings. The topological polar surface area (TPSA) is 37.6 Å². The molecule has 0 atom stereocenters. The van der Waals surface area contributed by atoms with Gasteiger partial charge in [0.1, 0.15) is 11.3 Å². The van der Waals surface area contributed by atoms with Crippen molar-refractivity contribution in [3.63, 3.8) is 0 Å². The molecule has 0 aromatic carbocycles. The van der Waals surface area contributed by atoms with Crippen LogP contribution in [0.3, 0.4) is 0 Å². The molecule has 0 aliphatic heterocycles. The molecule has 0 saturated heterocycles. The molecule has 0 aliphatic rings. The Balaban J connectivity index is 1.87. The van der Waals surface area contributed by atoms with Crippen molar-refractivity contribution in [3.05, 3.63) is 52.5 Å². The predicted molar refractivity (Wildman–Crippen MR) is 81.9 cm³/mol. The molecule has 3 heterocycles. The summed E-state index contributed by atoms with van der Waals surface area (Å²) in [5, 5.41) is 2.08. The van der Waals surface area contributed by atoms with Crippen molar-refractivity contribution in [2.45, 2.75) is 6.42 Å². The lowest BCUT2D eigenvalue weighted by molar-refractivity contribution is 0.111. The molecule has 5 heteroatoms. The zero-order valence-corrected chi connectivity index (χ0v) is 12.0. The molecule has 0 aliphatic carbocycles. The Morgan fingerprint density at radius 2 is 2.25 bits per heavy atom. The van der Waals surface area contributed by atoms with Gasteiger partial charge >= 0.3 is 0 Å². The normalized spacial score (nSPS) is 10.8. The summed E-state index contributed by atoms with van der Waals surface area (Å²) in [6.07, 6.45) is 3.69. The van der Waals surface area contributed by atoms with Gasteiger partial charge in [0, 0.05) is 24.7 Å². The molecule has 4 nitrogen and oxygen atoms in total. The van der Waals surface area contributed by atoms with Crippen LogP contribution in [-0.2, 0) is 6.42 Å². The van der Waals surface area contributed by atoms with E-state index in [2.05, 4.69) is 22.5 Å². The maximum Gasteiger partial charge on any atom is 0.170 e. The molecular formula is C15H15N3OS. The number of aldehydes is 1. The molecular weight excluding hydrogens is 270 g/mol. The molecule has 3 rings (SSSR count). The molecule has 0 N–H and O–H groups in total. The minimum Gasteiger partial charge on any atom is -0.357 e. The minimum absolute atomic E-state index is 0.606. The Morgan fingerprint density at radius 3 is 3.00 bits per heavy atom. The van der Waals surface area contributed by atoms with Gasteiger partial charge < -0.3 is 4.90 Å². The average molecular weight is 285 g/mol. The van der Waals surface area contributed by atoms with Crippen LogP contribution >= 0.6 is 11.3 Å². The summed E-state index contributed by atoms with van der Waals surface area (Å²) < 4.78 is 1.82. The van der Waals surface area contributed by atoms with Gasteiger partial charge in [-0.2, -0.15) is 0 Å². The number of carbonyl (C=O) groups is 1. The van der Waals surface area contributed by atoms with Gasteiger partial charge in [0.05, 0.1) is 0 Å². The van der Waals surface area contributed by atoms with Gasteiger partial charge in [-0.1, -0.05) is 12.1 Å². The number of rotatable bonds is 5.